The highest BCUT2D eigenvalue weighted by molar-refractivity contribution is 8.04. The molecule has 1 heterocycles. The van der Waals surface area contributed by atoms with Gasteiger partial charge in [0.2, 0.25) is 0 Å². The fourth-order valence-electron chi connectivity index (χ4n) is 2.50. The second-order valence-corrected chi connectivity index (χ2v) is 6.65. The van der Waals surface area contributed by atoms with Crippen molar-refractivity contribution >= 4 is 23.2 Å². The zero-order valence-corrected chi connectivity index (χ0v) is 12.4. The molecule has 3 rings (SSSR count). The van der Waals surface area contributed by atoms with E-state index >= 15 is 0 Å². The van der Waals surface area contributed by atoms with Crippen molar-refractivity contribution in [1.29, 1.82) is 0 Å². The Hall–Kier alpha value is -1.69. The summed E-state index contributed by atoms with van der Waals surface area (Å²) in [6.45, 7) is 0.652. The summed E-state index contributed by atoms with van der Waals surface area (Å²) in [6, 6.07) is 5.04. The third kappa shape index (κ3) is 3.38. The van der Waals surface area contributed by atoms with Crippen LogP contribution in [0.2, 0.25) is 0 Å². The molecule has 0 aromatic heterocycles. The van der Waals surface area contributed by atoms with Crippen LogP contribution < -0.4 is 5.32 Å². The number of thioether (sulfide) groups is 1. The summed E-state index contributed by atoms with van der Waals surface area (Å²) >= 11 is 1.65. The maximum Gasteiger partial charge on any atom is 0.416 e. The Morgan fingerprint density at radius 3 is 2.64 bits per heavy atom. The van der Waals surface area contributed by atoms with Crippen LogP contribution >= 0.6 is 11.8 Å². The van der Waals surface area contributed by atoms with Gasteiger partial charge in [0, 0.05) is 28.8 Å². The van der Waals surface area contributed by atoms with Gasteiger partial charge in [-0.1, -0.05) is 6.08 Å². The molecule has 2 nitrogen and oxygen atoms in total. The number of nitrogens with one attached hydrogen (secondary N) is 1. The molecule has 0 amide bonds. The van der Waals surface area contributed by atoms with Crippen molar-refractivity contribution in [1.82, 2.24) is 0 Å². The fourth-order valence-corrected chi connectivity index (χ4v) is 3.81. The summed E-state index contributed by atoms with van der Waals surface area (Å²) in [4.78, 5) is 12.4. The second kappa shape index (κ2) is 5.83. The van der Waals surface area contributed by atoms with E-state index in [4.69, 9.17) is 0 Å². The maximum absolute atomic E-state index is 12.5. The van der Waals surface area contributed by atoms with E-state index in [1.54, 1.807) is 17.8 Å². The van der Waals surface area contributed by atoms with Gasteiger partial charge < -0.3 is 5.32 Å². The second-order valence-electron chi connectivity index (χ2n) is 5.31. The third-order valence-electron chi connectivity index (χ3n) is 3.65. The molecule has 1 aromatic carbocycles. The first-order valence-corrected chi connectivity index (χ1v) is 7.81. The molecule has 6 heteroatoms. The molecule has 1 aliphatic carbocycles. The number of benzene rings is 1. The Morgan fingerprint density at radius 1 is 1.23 bits per heavy atom. The van der Waals surface area contributed by atoms with Crippen LogP contribution in [0.15, 0.2) is 46.9 Å². The average Bonchev–Trinajstić information content (AvgIpc) is 2.86. The zero-order chi connectivity index (χ0) is 15.7. The average molecular weight is 325 g/mol. The summed E-state index contributed by atoms with van der Waals surface area (Å²) in [7, 11) is 0. The number of anilines is 1. The van der Waals surface area contributed by atoms with Gasteiger partial charge >= 0.3 is 6.18 Å². The first-order valence-electron chi connectivity index (χ1n) is 6.93. The first kappa shape index (κ1) is 15.2. The van der Waals surface area contributed by atoms with Gasteiger partial charge in [0.25, 0.3) is 0 Å². The van der Waals surface area contributed by atoms with Crippen LogP contribution in [0.1, 0.15) is 18.4 Å². The Bertz CT molecular complexity index is 646. The van der Waals surface area contributed by atoms with Gasteiger partial charge in [-0.2, -0.15) is 13.2 Å². The van der Waals surface area contributed by atoms with Crippen molar-refractivity contribution in [3.8, 4) is 0 Å². The lowest BCUT2D eigenvalue weighted by Crippen LogP contribution is -2.14. The van der Waals surface area contributed by atoms with Gasteiger partial charge in [-0.3, -0.25) is 4.79 Å². The van der Waals surface area contributed by atoms with Crippen LogP contribution in [0.25, 0.3) is 0 Å². The molecule has 116 valence electrons. The molecule has 1 unspecified atom stereocenters. The lowest BCUT2D eigenvalue weighted by atomic mass is 10.0. The van der Waals surface area contributed by atoms with Gasteiger partial charge in [-0.25, -0.2) is 0 Å². The summed E-state index contributed by atoms with van der Waals surface area (Å²) < 4.78 is 37.5. The van der Waals surface area contributed by atoms with Crippen molar-refractivity contribution in [2.45, 2.75) is 24.3 Å². The number of ketones is 1. The van der Waals surface area contributed by atoms with Gasteiger partial charge in [0.1, 0.15) is 0 Å². The van der Waals surface area contributed by atoms with Crippen LogP contribution in [-0.2, 0) is 11.0 Å². The van der Waals surface area contributed by atoms with Crippen LogP contribution in [-0.4, -0.2) is 17.6 Å². The van der Waals surface area contributed by atoms with E-state index in [-0.39, 0.29) is 5.78 Å². The van der Waals surface area contributed by atoms with Crippen molar-refractivity contribution in [2.24, 2.45) is 0 Å². The van der Waals surface area contributed by atoms with E-state index in [9.17, 15) is 18.0 Å². The number of allylic oxidation sites excluding steroid dienone is 3. The summed E-state index contributed by atoms with van der Waals surface area (Å²) in [5, 5.41) is 3.46. The quantitative estimate of drug-likeness (QED) is 0.893. The number of hydrogen-bond donors (Lipinski definition) is 1. The molecule has 1 saturated heterocycles. The highest BCUT2D eigenvalue weighted by atomic mass is 32.2. The number of rotatable bonds is 3. The largest absolute Gasteiger partial charge is 0.416 e. The van der Waals surface area contributed by atoms with Gasteiger partial charge in [-0.05, 0) is 42.3 Å². The Labute approximate surface area is 130 Å². The third-order valence-corrected chi connectivity index (χ3v) is 4.95. The Kier molecular flexibility index (Phi) is 4.04. The molecule has 0 bridgehead atoms. The standard InChI is InChI=1S/C16H14F3NOS/c17-16(18,19)11-2-4-12(5-3-11)20-9-14-7-10-1-6-13(21)8-15(10)22-14/h1-5,8,14,20H,6-7,9H2. The molecule has 1 aromatic rings. The first-order chi connectivity index (χ1) is 10.4. The van der Waals surface area contributed by atoms with Gasteiger partial charge in [0.05, 0.1) is 5.56 Å². The van der Waals surface area contributed by atoms with Crippen molar-refractivity contribution in [2.75, 3.05) is 11.9 Å². The van der Waals surface area contributed by atoms with Gasteiger partial charge in [0.15, 0.2) is 5.78 Å². The number of carbonyl (C=O) groups excluding carboxylic acids is 1. The van der Waals surface area contributed by atoms with E-state index in [0.29, 0.717) is 23.9 Å². The van der Waals surface area contributed by atoms with E-state index in [1.807, 2.05) is 6.08 Å². The van der Waals surface area contributed by atoms with Crippen LogP contribution in [0.4, 0.5) is 18.9 Å². The van der Waals surface area contributed by atoms with E-state index in [1.165, 1.54) is 17.7 Å². The highest BCUT2D eigenvalue weighted by Crippen LogP contribution is 2.43. The lowest BCUT2D eigenvalue weighted by Gasteiger charge is -2.12. The van der Waals surface area contributed by atoms with Crippen molar-refractivity contribution < 1.29 is 18.0 Å². The molecule has 1 aliphatic heterocycles. The van der Waals surface area contributed by atoms with E-state index in [0.717, 1.165) is 23.5 Å². The van der Waals surface area contributed by atoms with Crippen molar-refractivity contribution in [3.63, 3.8) is 0 Å². The SMILES string of the molecule is O=C1C=C2SC(CNc3ccc(C(F)(F)F)cc3)CC2=CC1. The molecule has 2 aliphatic rings. The van der Waals surface area contributed by atoms with E-state index in [2.05, 4.69) is 5.32 Å². The molecule has 1 fully saturated rings. The Balaban J connectivity index is 1.58. The maximum atomic E-state index is 12.5. The molecule has 0 saturated carbocycles. The molecular formula is C16H14F3NOS. The van der Waals surface area contributed by atoms with Crippen LogP contribution in [0, 0.1) is 0 Å². The fraction of sp³-hybridized carbons (Fsp3) is 0.312. The molecule has 0 radical (unpaired) electrons. The molecule has 0 spiro atoms. The number of alkyl halides is 3. The predicted molar refractivity (Wildman–Crippen MR) is 81.7 cm³/mol. The minimum Gasteiger partial charge on any atom is -0.384 e. The minimum atomic E-state index is -4.30. The lowest BCUT2D eigenvalue weighted by molar-refractivity contribution is -0.137. The molecular weight excluding hydrogens is 311 g/mol. The molecule has 22 heavy (non-hydrogen) atoms. The smallest absolute Gasteiger partial charge is 0.384 e. The zero-order valence-electron chi connectivity index (χ0n) is 11.6. The Morgan fingerprint density at radius 2 is 1.95 bits per heavy atom. The number of halogens is 3. The topological polar surface area (TPSA) is 29.1 Å². The van der Waals surface area contributed by atoms with E-state index < -0.39 is 11.7 Å². The van der Waals surface area contributed by atoms with Crippen LogP contribution in [0.3, 0.4) is 0 Å². The summed E-state index contributed by atoms with van der Waals surface area (Å²) in [5.74, 6) is 0.127. The van der Waals surface area contributed by atoms with Crippen molar-refractivity contribution in [3.05, 3.63) is 52.5 Å². The normalized spacial score (nSPS) is 21.2. The molecule has 1 N–H and O–H groups in total. The molecule has 1 atom stereocenters. The summed E-state index contributed by atoms with van der Waals surface area (Å²) in [6.07, 6.45) is 0.720. The monoisotopic (exact) mass is 325 g/mol. The minimum absolute atomic E-state index is 0.127. The number of fused-ring (bicyclic) bond motifs is 1. The number of hydrogen-bond acceptors (Lipinski definition) is 3. The predicted octanol–water partition coefficient (Wildman–Crippen LogP) is 4.41. The van der Waals surface area contributed by atoms with Crippen LogP contribution in [0.5, 0.6) is 0 Å². The summed E-state index contributed by atoms with van der Waals surface area (Å²) in [5.41, 5.74) is 1.24. The highest BCUT2D eigenvalue weighted by Gasteiger charge is 2.30. The van der Waals surface area contributed by atoms with Gasteiger partial charge in [-0.15, -0.1) is 11.8 Å². The number of carbonyl (C=O) groups is 1.